The lowest BCUT2D eigenvalue weighted by Gasteiger charge is -2.18. The quantitative estimate of drug-likeness (QED) is 0.546. The number of thiazole rings is 1. The smallest absolute Gasteiger partial charge is 0.275 e. The van der Waals surface area contributed by atoms with Gasteiger partial charge in [-0.25, -0.2) is 4.98 Å². The van der Waals surface area contributed by atoms with Crippen molar-refractivity contribution in [3.63, 3.8) is 0 Å². The van der Waals surface area contributed by atoms with Crippen LogP contribution in [-0.2, 0) is 0 Å². The molecule has 0 atom stereocenters. The topological polar surface area (TPSA) is 62.3 Å². The molecule has 8 heteroatoms. The predicted molar refractivity (Wildman–Crippen MR) is 117 cm³/mol. The Kier molecular flexibility index (Phi) is 5.61. The van der Waals surface area contributed by atoms with E-state index < -0.39 is 0 Å². The first-order valence-corrected chi connectivity index (χ1v) is 11.5. The van der Waals surface area contributed by atoms with Crippen molar-refractivity contribution in [2.45, 2.75) is 19.8 Å². The average molecular weight is 476 g/mol. The van der Waals surface area contributed by atoms with Gasteiger partial charge in [-0.15, -0.1) is 22.7 Å². The van der Waals surface area contributed by atoms with Crippen LogP contribution in [0.1, 0.15) is 39.3 Å². The molecule has 0 unspecified atom stereocenters. The van der Waals surface area contributed by atoms with Gasteiger partial charge in [0.1, 0.15) is 10.7 Å². The molecule has 2 aromatic heterocycles. The summed E-state index contributed by atoms with van der Waals surface area (Å²) < 4.78 is 1.00. The van der Waals surface area contributed by atoms with E-state index in [4.69, 9.17) is 0 Å². The maximum atomic E-state index is 12.7. The van der Waals surface area contributed by atoms with Crippen molar-refractivity contribution in [3.8, 4) is 9.88 Å². The number of amides is 2. The molecule has 2 amide bonds. The van der Waals surface area contributed by atoms with E-state index in [9.17, 15) is 9.59 Å². The number of carbonyl (C=O) groups is 2. The van der Waals surface area contributed by atoms with Crippen LogP contribution in [0.4, 0.5) is 5.69 Å². The molecule has 1 aliphatic rings. The fraction of sp³-hybridized carbons (Fsp3) is 0.250. The molecule has 1 saturated heterocycles. The van der Waals surface area contributed by atoms with Crippen molar-refractivity contribution in [3.05, 3.63) is 56.3 Å². The van der Waals surface area contributed by atoms with Crippen LogP contribution >= 0.6 is 38.6 Å². The Labute approximate surface area is 179 Å². The van der Waals surface area contributed by atoms with Gasteiger partial charge in [0.25, 0.3) is 11.8 Å². The average Bonchev–Trinajstić information content (AvgIpc) is 3.44. The predicted octanol–water partition coefficient (Wildman–Crippen LogP) is 5.43. The van der Waals surface area contributed by atoms with E-state index in [1.54, 1.807) is 16.7 Å². The monoisotopic (exact) mass is 475 g/mol. The number of likely N-dealkylation sites (tertiary alicyclic amines) is 1. The summed E-state index contributed by atoms with van der Waals surface area (Å²) >= 11 is 6.46. The minimum absolute atomic E-state index is 0.0327. The van der Waals surface area contributed by atoms with Crippen molar-refractivity contribution in [2.75, 3.05) is 18.4 Å². The van der Waals surface area contributed by atoms with Gasteiger partial charge in [-0.1, -0.05) is 6.07 Å². The molecule has 3 aromatic rings. The van der Waals surface area contributed by atoms with Gasteiger partial charge in [0.2, 0.25) is 0 Å². The van der Waals surface area contributed by atoms with E-state index in [0.29, 0.717) is 16.9 Å². The number of thiophene rings is 1. The van der Waals surface area contributed by atoms with Crippen molar-refractivity contribution in [2.24, 2.45) is 0 Å². The van der Waals surface area contributed by atoms with E-state index in [-0.39, 0.29) is 11.8 Å². The first-order valence-electron chi connectivity index (χ1n) is 8.93. The summed E-state index contributed by atoms with van der Waals surface area (Å²) in [4.78, 5) is 32.8. The van der Waals surface area contributed by atoms with Gasteiger partial charge in [0, 0.05) is 39.6 Å². The molecule has 3 heterocycles. The van der Waals surface area contributed by atoms with Gasteiger partial charge in [0.05, 0.1) is 4.88 Å². The van der Waals surface area contributed by atoms with Crippen LogP contribution in [0.25, 0.3) is 9.88 Å². The summed E-state index contributed by atoms with van der Waals surface area (Å²) in [6, 6.07) is 7.43. The number of nitrogens with zero attached hydrogens (tertiary/aromatic N) is 2. The minimum Gasteiger partial charge on any atom is -0.339 e. The molecular formula is C20H18BrN3O2S2. The molecule has 5 nitrogen and oxygen atoms in total. The van der Waals surface area contributed by atoms with Gasteiger partial charge < -0.3 is 10.2 Å². The molecule has 1 aromatic carbocycles. The molecular weight excluding hydrogens is 458 g/mol. The molecule has 0 spiro atoms. The fourth-order valence-electron chi connectivity index (χ4n) is 3.20. The zero-order valence-corrected chi connectivity index (χ0v) is 18.4. The third-order valence-electron chi connectivity index (χ3n) is 4.72. The van der Waals surface area contributed by atoms with Gasteiger partial charge in [-0.05, 0) is 59.5 Å². The number of hydrogen-bond donors (Lipinski definition) is 1. The Morgan fingerprint density at radius 3 is 2.68 bits per heavy atom. The number of hydrogen-bond acceptors (Lipinski definition) is 5. The Morgan fingerprint density at radius 1 is 1.18 bits per heavy atom. The second-order valence-corrected chi connectivity index (χ2v) is 9.28. The second-order valence-electron chi connectivity index (χ2n) is 6.60. The van der Waals surface area contributed by atoms with Crippen LogP contribution in [0.3, 0.4) is 0 Å². The summed E-state index contributed by atoms with van der Waals surface area (Å²) in [6.07, 6.45) is 2.10. The second kappa shape index (κ2) is 8.14. The number of anilines is 1. The zero-order valence-electron chi connectivity index (χ0n) is 15.2. The highest BCUT2D eigenvalue weighted by atomic mass is 79.9. The van der Waals surface area contributed by atoms with E-state index >= 15 is 0 Å². The summed E-state index contributed by atoms with van der Waals surface area (Å²) in [5.74, 6) is -0.239. The number of carbonyl (C=O) groups excluding carboxylic acids is 2. The number of benzene rings is 1. The molecule has 144 valence electrons. The van der Waals surface area contributed by atoms with E-state index in [2.05, 4.69) is 26.2 Å². The van der Waals surface area contributed by atoms with Crippen LogP contribution < -0.4 is 5.32 Å². The van der Waals surface area contributed by atoms with Crippen molar-refractivity contribution >= 4 is 56.1 Å². The number of halogens is 1. The number of rotatable bonds is 4. The third-order valence-corrected chi connectivity index (χ3v) is 7.42. The molecule has 4 rings (SSSR count). The molecule has 0 aliphatic carbocycles. The Balaban J connectivity index is 1.53. The van der Waals surface area contributed by atoms with E-state index in [1.807, 2.05) is 41.5 Å². The highest BCUT2D eigenvalue weighted by Gasteiger charge is 2.22. The maximum absolute atomic E-state index is 12.7. The standard InChI is InChI=1S/C20H18BrN3O2S2/c1-12-14(20(26)24-7-2-3-8-24)5-4-6-15(12)22-18(25)16-11-28-19(23-16)17-9-13(21)10-27-17/h4-6,9-11H,2-3,7-8H2,1H3,(H,22,25). The largest absolute Gasteiger partial charge is 0.339 e. The van der Waals surface area contributed by atoms with Crippen molar-refractivity contribution in [1.82, 2.24) is 9.88 Å². The lowest BCUT2D eigenvalue weighted by molar-refractivity contribution is 0.0791. The van der Waals surface area contributed by atoms with E-state index in [1.165, 1.54) is 11.3 Å². The van der Waals surface area contributed by atoms with Gasteiger partial charge >= 0.3 is 0 Å². The Morgan fingerprint density at radius 2 is 1.96 bits per heavy atom. The molecule has 1 aliphatic heterocycles. The maximum Gasteiger partial charge on any atom is 0.275 e. The lowest BCUT2D eigenvalue weighted by atomic mass is 10.1. The van der Waals surface area contributed by atoms with Crippen molar-refractivity contribution in [1.29, 1.82) is 0 Å². The highest BCUT2D eigenvalue weighted by Crippen LogP contribution is 2.32. The summed E-state index contributed by atoms with van der Waals surface area (Å²) in [7, 11) is 0. The molecule has 0 saturated carbocycles. The number of aromatic nitrogens is 1. The Bertz CT molecular complexity index is 1040. The summed E-state index contributed by atoms with van der Waals surface area (Å²) in [6.45, 7) is 3.47. The fourth-order valence-corrected chi connectivity index (χ4v) is 5.50. The van der Waals surface area contributed by atoms with Crippen molar-refractivity contribution < 1.29 is 9.59 Å². The number of nitrogens with one attached hydrogen (secondary N) is 1. The zero-order chi connectivity index (χ0) is 19.7. The normalized spacial score (nSPS) is 13.7. The molecule has 28 heavy (non-hydrogen) atoms. The van der Waals surface area contributed by atoms with E-state index in [0.717, 1.165) is 45.9 Å². The summed E-state index contributed by atoms with van der Waals surface area (Å²) in [5.41, 5.74) is 2.44. The summed E-state index contributed by atoms with van der Waals surface area (Å²) in [5, 5.41) is 7.47. The SMILES string of the molecule is Cc1c(NC(=O)c2csc(-c3cc(Br)cs3)n2)cccc1C(=O)N1CCCC1. The van der Waals surface area contributed by atoms with Crippen LogP contribution in [0, 0.1) is 6.92 Å². The highest BCUT2D eigenvalue weighted by molar-refractivity contribution is 9.10. The Hall–Kier alpha value is -2.03. The third kappa shape index (κ3) is 3.90. The van der Waals surface area contributed by atoms with Crippen LogP contribution in [0.5, 0.6) is 0 Å². The van der Waals surface area contributed by atoms with Crippen LogP contribution in [-0.4, -0.2) is 34.8 Å². The first-order chi connectivity index (χ1) is 13.5. The van der Waals surface area contributed by atoms with Crippen LogP contribution in [0.15, 0.2) is 39.5 Å². The lowest BCUT2D eigenvalue weighted by Crippen LogP contribution is -2.28. The molecule has 0 radical (unpaired) electrons. The molecule has 1 N–H and O–H groups in total. The molecule has 1 fully saturated rings. The van der Waals surface area contributed by atoms with Gasteiger partial charge in [-0.2, -0.15) is 0 Å². The molecule has 0 bridgehead atoms. The van der Waals surface area contributed by atoms with Gasteiger partial charge in [-0.3, -0.25) is 9.59 Å². The first kappa shape index (κ1) is 19.3. The van der Waals surface area contributed by atoms with Crippen LogP contribution in [0.2, 0.25) is 0 Å². The van der Waals surface area contributed by atoms with Gasteiger partial charge in [0.15, 0.2) is 0 Å². The minimum atomic E-state index is -0.271.